The van der Waals surface area contributed by atoms with Crippen LogP contribution in [0.2, 0.25) is 0 Å². The van der Waals surface area contributed by atoms with Gasteiger partial charge in [-0.15, -0.1) is 0 Å². The monoisotopic (exact) mass is 318 g/mol. The number of rotatable bonds is 5. The van der Waals surface area contributed by atoms with E-state index in [1.165, 1.54) is 14.0 Å². The summed E-state index contributed by atoms with van der Waals surface area (Å²) in [4.78, 5) is 35.5. The van der Waals surface area contributed by atoms with E-state index in [-0.39, 0.29) is 17.7 Å². The molecule has 1 atom stereocenters. The lowest BCUT2D eigenvalue weighted by Crippen LogP contribution is -2.47. The first-order valence-electron chi connectivity index (χ1n) is 7.77. The normalized spacial score (nSPS) is 15.7. The fourth-order valence-corrected chi connectivity index (χ4v) is 2.97. The van der Waals surface area contributed by atoms with Crippen LogP contribution in [0.4, 0.5) is 5.69 Å². The van der Waals surface area contributed by atoms with Crippen LogP contribution in [-0.2, 0) is 14.3 Å². The average Bonchev–Trinajstić information content (AvgIpc) is 3.06. The second-order valence-corrected chi connectivity index (χ2v) is 5.78. The van der Waals surface area contributed by atoms with Gasteiger partial charge in [-0.05, 0) is 37.0 Å². The minimum Gasteiger partial charge on any atom is -0.465 e. The molecule has 1 aliphatic rings. The number of hydrogen-bond donors (Lipinski definition) is 2. The molecule has 0 aromatic heterocycles. The van der Waals surface area contributed by atoms with Crippen LogP contribution in [-0.4, -0.2) is 30.9 Å². The summed E-state index contributed by atoms with van der Waals surface area (Å²) in [5, 5.41) is 5.53. The highest BCUT2D eigenvalue weighted by molar-refractivity contribution is 5.98. The molecule has 0 bridgehead atoms. The second-order valence-electron chi connectivity index (χ2n) is 5.78. The molecule has 0 unspecified atom stereocenters. The van der Waals surface area contributed by atoms with E-state index in [1.54, 1.807) is 24.3 Å². The van der Waals surface area contributed by atoms with Gasteiger partial charge in [-0.25, -0.2) is 4.79 Å². The van der Waals surface area contributed by atoms with Crippen molar-refractivity contribution in [1.29, 1.82) is 0 Å². The largest absolute Gasteiger partial charge is 0.465 e. The number of carbonyl (C=O) groups is 3. The van der Waals surface area contributed by atoms with Crippen LogP contribution >= 0.6 is 0 Å². The first-order valence-corrected chi connectivity index (χ1v) is 7.77. The number of esters is 1. The Kier molecular flexibility index (Phi) is 5.73. The maximum Gasteiger partial charge on any atom is 0.337 e. The Bertz CT molecular complexity index is 594. The third-order valence-corrected chi connectivity index (χ3v) is 4.06. The van der Waals surface area contributed by atoms with E-state index in [1.807, 2.05) is 0 Å². The number of benzene rings is 1. The average molecular weight is 318 g/mol. The molecular formula is C17H22N2O4. The molecule has 0 heterocycles. The first-order chi connectivity index (χ1) is 11.0. The summed E-state index contributed by atoms with van der Waals surface area (Å²) in [6, 6.07) is 6.00. The van der Waals surface area contributed by atoms with Gasteiger partial charge in [0.15, 0.2) is 0 Å². The SMILES string of the molecule is COC(=O)c1cccc(NC(=O)[C@@H](NC(C)=O)C2CCCC2)c1. The van der Waals surface area contributed by atoms with E-state index in [4.69, 9.17) is 0 Å². The predicted molar refractivity (Wildman–Crippen MR) is 86.0 cm³/mol. The summed E-state index contributed by atoms with van der Waals surface area (Å²) in [5.74, 6) is -0.785. The fraction of sp³-hybridized carbons (Fsp3) is 0.471. The van der Waals surface area contributed by atoms with Crippen molar-refractivity contribution in [2.24, 2.45) is 5.92 Å². The zero-order chi connectivity index (χ0) is 16.8. The number of ether oxygens (including phenoxy) is 1. The number of amides is 2. The van der Waals surface area contributed by atoms with Gasteiger partial charge in [0.05, 0.1) is 12.7 Å². The third kappa shape index (κ3) is 4.55. The van der Waals surface area contributed by atoms with E-state index in [2.05, 4.69) is 15.4 Å². The lowest BCUT2D eigenvalue weighted by Gasteiger charge is -2.23. The Hall–Kier alpha value is -2.37. The summed E-state index contributed by atoms with van der Waals surface area (Å²) in [7, 11) is 1.31. The van der Waals surface area contributed by atoms with Crippen LogP contribution in [0, 0.1) is 5.92 Å². The molecule has 23 heavy (non-hydrogen) atoms. The summed E-state index contributed by atoms with van der Waals surface area (Å²) < 4.78 is 4.67. The fourth-order valence-electron chi connectivity index (χ4n) is 2.97. The van der Waals surface area contributed by atoms with Crippen molar-refractivity contribution in [2.45, 2.75) is 38.6 Å². The first kappa shape index (κ1) is 17.0. The van der Waals surface area contributed by atoms with Gasteiger partial charge in [0.1, 0.15) is 6.04 Å². The smallest absolute Gasteiger partial charge is 0.337 e. The Morgan fingerprint density at radius 2 is 1.91 bits per heavy atom. The van der Waals surface area contributed by atoms with E-state index in [0.717, 1.165) is 25.7 Å². The maximum absolute atomic E-state index is 12.5. The van der Waals surface area contributed by atoms with Crippen molar-refractivity contribution in [3.63, 3.8) is 0 Å². The lowest BCUT2D eigenvalue weighted by atomic mass is 9.97. The Morgan fingerprint density at radius 3 is 2.52 bits per heavy atom. The molecule has 6 heteroatoms. The van der Waals surface area contributed by atoms with Crippen molar-refractivity contribution in [2.75, 3.05) is 12.4 Å². The standard InChI is InChI=1S/C17H22N2O4/c1-11(20)18-15(12-6-3-4-7-12)16(21)19-14-9-5-8-13(10-14)17(22)23-2/h5,8-10,12,15H,3-4,6-7H2,1-2H3,(H,18,20)(H,19,21)/t15-/m0/s1. The van der Waals surface area contributed by atoms with Crippen LogP contribution in [0.1, 0.15) is 43.0 Å². The topological polar surface area (TPSA) is 84.5 Å². The quantitative estimate of drug-likeness (QED) is 0.814. The summed E-state index contributed by atoms with van der Waals surface area (Å²) in [6.45, 7) is 1.41. The Morgan fingerprint density at radius 1 is 1.22 bits per heavy atom. The molecule has 1 fully saturated rings. The Balaban J connectivity index is 2.11. The summed E-state index contributed by atoms with van der Waals surface area (Å²) in [6.07, 6.45) is 4.01. The van der Waals surface area contributed by atoms with Crippen LogP contribution in [0.15, 0.2) is 24.3 Å². The number of methoxy groups -OCH3 is 1. The van der Waals surface area contributed by atoms with Gasteiger partial charge in [0.25, 0.3) is 0 Å². The highest BCUT2D eigenvalue weighted by atomic mass is 16.5. The molecule has 2 N–H and O–H groups in total. The van der Waals surface area contributed by atoms with E-state index < -0.39 is 12.0 Å². The van der Waals surface area contributed by atoms with Crippen LogP contribution in [0.25, 0.3) is 0 Å². The lowest BCUT2D eigenvalue weighted by molar-refractivity contribution is -0.126. The molecule has 0 spiro atoms. The van der Waals surface area contributed by atoms with E-state index >= 15 is 0 Å². The number of nitrogens with one attached hydrogen (secondary N) is 2. The molecule has 0 saturated heterocycles. The van der Waals surface area contributed by atoms with Gasteiger partial charge in [0.2, 0.25) is 11.8 Å². The van der Waals surface area contributed by atoms with Crippen molar-refractivity contribution < 1.29 is 19.1 Å². The molecular weight excluding hydrogens is 296 g/mol. The van der Waals surface area contributed by atoms with Gasteiger partial charge >= 0.3 is 5.97 Å². The van der Waals surface area contributed by atoms with Crippen LogP contribution < -0.4 is 10.6 Å². The maximum atomic E-state index is 12.5. The zero-order valence-electron chi connectivity index (χ0n) is 13.4. The number of hydrogen-bond acceptors (Lipinski definition) is 4. The Labute approximate surface area is 135 Å². The molecule has 2 amide bonds. The van der Waals surface area contributed by atoms with Gasteiger partial charge in [0, 0.05) is 12.6 Å². The molecule has 1 aromatic rings. The number of anilines is 1. The highest BCUT2D eigenvalue weighted by Gasteiger charge is 2.31. The molecule has 6 nitrogen and oxygen atoms in total. The zero-order valence-corrected chi connectivity index (χ0v) is 13.4. The molecule has 1 aliphatic carbocycles. The molecule has 0 radical (unpaired) electrons. The van der Waals surface area contributed by atoms with Gasteiger partial charge in [-0.3, -0.25) is 9.59 Å². The van der Waals surface area contributed by atoms with Crippen molar-refractivity contribution in [1.82, 2.24) is 5.32 Å². The van der Waals surface area contributed by atoms with E-state index in [9.17, 15) is 14.4 Å². The third-order valence-electron chi connectivity index (χ3n) is 4.06. The molecule has 2 rings (SSSR count). The number of carbonyl (C=O) groups excluding carboxylic acids is 3. The van der Waals surface area contributed by atoms with Crippen molar-refractivity contribution in [3.05, 3.63) is 29.8 Å². The van der Waals surface area contributed by atoms with Crippen LogP contribution in [0.5, 0.6) is 0 Å². The van der Waals surface area contributed by atoms with Crippen molar-refractivity contribution in [3.8, 4) is 0 Å². The van der Waals surface area contributed by atoms with Gasteiger partial charge in [-0.1, -0.05) is 18.9 Å². The molecule has 124 valence electrons. The molecule has 0 aliphatic heterocycles. The predicted octanol–water partition coefficient (Wildman–Crippen LogP) is 2.11. The summed E-state index contributed by atoms with van der Waals surface area (Å²) >= 11 is 0. The minimum atomic E-state index is -0.545. The van der Waals surface area contributed by atoms with E-state index in [0.29, 0.717) is 11.3 Å². The molecule has 1 saturated carbocycles. The van der Waals surface area contributed by atoms with Crippen molar-refractivity contribution >= 4 is 23.5 Å². The van der Waals surface area contributed by atoms with Gasteiger partial charge in [-0.2, -0.15) is 0 Å². The minimum absolute atomic E-state index is 0.155. The van der Waals surface area contributed by atoms with Gasteiger partial charge < -0.3 is 15.4 Å². The molecule has 1 aromatic carbocycles. The highest BCUT2D eigenvalue weighted by Crippen LogP contribution is 2.28. The van der Waals surface area contributed by atoms with Crippen LogP contribution in [0.3, 0.4) is 0 Å². The second kappa shape index (κ2) is 7.76. The summed E-state index contributed by atoms with van der Waals surface area (Å²) in [5.41, 5.74) is 0.869.